The van der Waals surface area contributed by atoms with Crippen molar-refractivity contribution in [3.05, 3.63) is 59.8 Å². The fraction of sp³-hybridized carbons (Fsp3) is 0.333. The highest BCUT2D eigenvalue weighted by atomic mass is 15.0. The predicted molar refractivity (Wildman–Crippen MR) is 98.0 cm³/mol. The molecule has 0 saturated carbocycles. The molecule has 0 unspecified atom stereocenters. The van der Waals surface area contributed by atoms with Gasteiger partial charge in [0.2, 0.25) is 0 Å². The molecule has 2 aromatic carbocycles. The van der Waals surface area contributed by atoms with Crippen LogP contribution in [0.15, 0.2) is 48.5 Å². The lowest BCUT2D eigenvalue weighted by molar-refractivity contribution is 0.658. The summed E-state index contributed by atoms with van der Waals surface area (Å²) < 4.78 is 2.47. The lowest BCUT2D eigenvalue weighted by Gasteiger charge is -2.08. The topological polar surface area (TPSA) is 17.0 Å². The van der Waals surface area contributed by atoms with Gasteiger partial charge in [0.05, 0.1) is 0 Å². The summed E-state index contributed by atoms with van der Waals surface area (Å²) in [6.07, 6.45) is 1.12. The zero-order valence-corrected chi connectivity index (χ0v) is 14.0. The van der Waals surface area contributed by atoms with E-state index in [9.17, 15) is 0 Å². The lowest BCUT2D eigenvalue weighted by Crippen LogP contribution is -2.17. The maximum atomic E-state index is 3.48. The van der Waals surface area contributed by atoms with Crippen LogP contribution < -0.4 is 5.32 Å². The van der Waals surface area contributed by atoms with Crippen LogP contribution in [0.1, 0.15) is 31.0 Å². The molecule has 0 spiro atoms. The molecule has 1 aromatic heterocycles. The zero-order chi connectivity index (χ0) is 15.8. The third-order valence-corrected chi connectivity index (χ3v) is 4.97. The molecule has 0 amide bonds. The maximum Gasteiger partial charge on any atom is 0.0483 e. The standard InChI is InChI=1S/C21H24N2/c1-15(2)16-3-5-17(6-4-16)18-7-8-21-19(13-18)14-20-9-10-22-11-12-23(20)21/h3-8,13-15,22H,9-12H2,1-2H3. The third kappa shape index (κ3) is 2.68. The third-order valence-electron chi connectivity index (χ3n) is 4.97. The van der Waals surface area contributed by atoms with Gasteiger partial charge in [0, 0.05) is 42.7 Å². The number of rotatable bonds is 2. The second-order valence-electron chi connectivity index (χ2n) is 6.84. The van der Waals surface area contributed by atoms with Crippen molar-refractivity contribution in [3.8, 4) is 11.1 Å². The number of aromatic nitrogens is 1. The minimum atomic E-state index is 0.585. The Bertz CT molecular complexity index is 825. The van der Waals surface area contributed by atoms with Crippen molar-refractivity contribution in [1.29, 1.82) is 0 Å². The zero-order valence-electron chi connectivity index (χ0n) is 14.0. The van der Waals surface area contributed by atoms with Crippen molar-refractivity contribution in [2.75, 3.05) is 13.1 Å². The first-order chi connectivity index (χ1) is 11.2. The fourth-order valence-corrected chi connectivity index (χ4v) is 3.57. The van der Waals surface area contributed by atoms with Crippen molar-refractivity contribution in [1.82, 2.24) is 9.88 Å². The smallest absolute Gasteiger partial charge is 0.0483 e. The summed E-state index contributed by atoms with van der Waals surface area (Å²) in [5.41, 5.74) is 6.84. The van der Waals surface area contributed by atoms with Crippen LogP contribution in [0.2, 0.25) is 0 Å². The predicted octanol–water partition coefficient (Wildman–Crippen LogP) is 4.58. The number of fused-ring (bicyclic) bond motifs is 3. The van der Waals surface area contributed by atoms with Crippen molar-refractivity contribution < 1.29 is 0 Å². The van der Waals surface area contributed by atoms with Crippen LogP contribution in [-0.4, -0.2) is 17.7 Å². The maximum absolute atomic E-state index is 3.48. The molecule has 0 atom stereocenters. The molecule has 3 aromatic rings. The summed E-state index contributed by atoms with van der Waals surface area (Å²) in [6.45, 7) is 7.70. The van der Waals surface area contributed by atoms with E-state index in [0.29, 0.717) is 5.92 Å². The van der Waals surface area contributed by atoms with E-state index in [1.165, 1.54) is 33.3 Å². The van der Waals surface area contributed by atoms with Crippen molar-refractivity contribution >= 4 is 10.9 Å². The quantitative estimate of drug-likeness (QED) is 0.733. The normalized spacial score (nSPS) is 14.9. The number of hydrogen-bond donors (Lipinski definition) is 1. The Balaban J connectivity index is 1.74. The summed E-state index contributed by atoms with van der Waals surface area (Å²) in [7, 11) is 0. The van der Waals surface area contributed by atoms with Gasteiger partial charge in [-0.3, -0.25) is 0 Å². The van der Waals surface area contributed by atoms with Crippen LogP contribution in [0, 0.1) is 0 Å². The molecule has 0 bridgehead atoms. The van der Waals surface area contributed by atoms with Crippen LogP contribution in [0.4, 0.5) is 0 Å². The van der Waals surface area contributed by atoms with Gasteiger partial charge in [0.1, 0.15) is 0 Å². The molecular weight excluding hydrogens is 280 g/mol. The van der Waals surface area contributed by atoms with Crippen LogP contribution in [0.5, 0.6) is 0 Å². The van der Waals surface area contributed by atoms with E-state index < -0.39 is 0 Å². The highest BCUT2D eigenvalue weighted by Gasteiger charge is 2.12. The molecule has 4 rings (SSSR count). The van der Waals surface area contributed by atoms with Gasteiger partial charge in [0.25, 0.3) is 0 Å². The number of benzene rings is 2. The first-order valence-electron chi connectivity index (χ1n) is 8.65. The van der Waals surface area contributed by atoms with Gasteiger partial charge in [-0.1, -0.05) is 44.2 Å². The molecule has 1 aliphatic heterocycles. The minimum absolute atomic E-state index is 0.585. The van der Waals surface area contributed by atoms with Crippen LogP contribution in [0.25, 0.3) is 22.0 Å². The molecule has 0 fully saturated rings. The Morgan fingerprint density at radius 1 is 0.913 bits per heavy atom. The van der Waals surface area contributed by atoms with Gasteiger partial charge in [-0.15, -0.1) is 0 Å². The Morgan fingerprint density at radius 2 is 1.70 bits per heavy atom. The molecule has 1 N–H and O–H groups in total. The molecule has 0 aliphatic carbocycles. The van der Waals surface area contributed by atoms with Gasteiger partial charge >= 0.3 is 0 Å². The van der Waals surface area contributed by atoms with E-state index in [1.54, 1.807) is 0 Å². The van der Waals surface area contributed by atoms with E-state index in [0.717, 1.165) is 26.1 Å². The minimum Gasteiger partial charge on any atom is -0.343 e. The fourth-order valence-electron chi connectivity index (χ4n) is 3.57. The van der Waals surface area contributed by atoms with E-state index in [1.807, 2.05) is 0 Å². The monoisotopic (exact) mass is 304 g/mol. The van der Waals surface area contributed by atoms with Crippen molar-refractivity contribution in [3.63, 3.8) is 0 Å². The molecule has 118 valence electrons. The van der Waals surface area contributed by atoms with Crippen molar-refractivity contribution in [2.24, 2.45) is 0 Å². The van der Waals surface area contributed by atoms with Crippen LogP contribution >= 0.6 is 0 Å². The average molecular weight is 304 g/mol. The highest BCUT2D eigenvalue weighted by molar-refractivity contribution is 5.86. The van der Waals surface area contributed by atoms with Crippen LogP contribution in [-0.2, 0) is 13.0 Å². The van der Waals surface area contributed by atoms with E-state index in [-0.39, 0.29) is 0 Å². The summed E-state index contributed by atoms with van der Waals surface area (Å²) in [5, 5.41) is 4.84. The second-order valence-corrected chi connectivity index (χ2v) is 6.84. The summed E-state index contributed by atoms with van der Waals surface area (Å²) in [5.74, 6) is 0.585. The molecular formula is C21H24N2. The first kappa shape index (κ1) is 14.5. The Kier molecular flexibility index (Phi) is 3.70. The van der Waals surface area contributed by atoms with Gasteiger partial charge in [-0.2, -0.15) is 0 Å². The van der Waals surface area contributed by atoms with E-state index in [4.69, 9.17) is 0 Å². The highest BCUT2D eigenvalue weighted by Crippen LogP contribution is 2.28. The van der Waals surface area contributed by atoms with E-state index in [2.05, 4.69) is 72.3 Å². The Morgan fingerprint density at radius 3 is 2.48 bits per heavy atom. The number of nitrogens with one attached hydrogen (secondary N) is 1. The van der Waals surface area contributed by atoms with Gasteiger partial charge in [-0.05, 0) is 40.8 Å². The molecule has 2 heteroatoms. The molecule has 2 nitrogen and oxygen atoms in total. The summed E-state index contributed by atoms with van der Waals surface area (Å²) >= 11 is 0. The second kappa shape index (κ2) is 5.86. The first-order valence-corrected chi connectivity index (χ1v) is 8.65. The van der Waals surface area contributed by atoms with E-state index >= 15 is 0 Å². The van der Waals surface area contributed by atoms with Crippen LogP contribution in [0.3, 0.4) is 0 Å². The molecule has 1 aliphatic rings. The molecule has 0 radical (unpaired) electrons. The lowest BCUT2D eigenvalue weighted by atomic mass is 9.98. The van der Waals surface area contributed by atoms with Crippen molar-refractivity contribution in [2.45, 2.75) is 32.7 Å². The van der Waals surface area contributed by atoms with Gasteiger partial charge in [-0.25, -0.2) is 0 Å². The molecule has 0 saturated heterocycles. The van der Waals surface area contributed by atoms with Gasteiger partial charge < -0.3 is 9.88 Å². The average Bonchev–Trinajstić information content (AvgIpc) is 2.75. The molecule has 23 heavy (non-hydrogen) atoms. The summed E-state index contributed by atoms with van der Waals surface area (Å²) in [4.78, 5) is 0. The largest absolute Gasteiger partial charge is 0.343 e. The van der Waals surface area contributed by atoms with Gasteiger partial charge in [0.15, 0.2) is 0 Å². The number of nitrogens with zero attached hydrogens (tertiary/aromatic N) is 1. The Labute approximate surface area is 138 Å². The summed E-state index contributed by atoms with van der Waals surface area (Å²) in [6, 6.07) is 18.3. The SMILES string of the molecule is CC(C)c1ccc(-c2ccc3c(c2)cc2n3CCNCC2)cc1. The Hall–Kier alpha value is -2.06. The number of hydrogen-bond acceptors (Lipinski definition) is 1. The molecule has 2 heterocycles.